The summed E-state index contributed by atoms with van der Waals surface area (Å²) in [5, 5.41) is -0.321. The highest BCUT2D eigenvalue weighted by Gasteiger charge is 2.41. The van der Waals surface area contributed by atoms with Crippen molar-refractivity contribution in [2.24, 2.45) is 0 Å². The average molecular weight is 491 g/mol. The fraction of sp³-hybridized carbons (Fsp3) is 0.379. The molecule has 1 saturated carbocycles. The summed E-state index contributed by atoms with van der Waals surface area (Å²) < 4.78 is 20.3. The Morgan fingerprint density at radius 1 is 1.09 bits per heavy atom. The smallest absolute Gasteiger partial charge is 0.237 e. The summed E-state index contributed by atoms with van der Waals surface area (Å²) in [6.07, 6.45) is 9.05. The Balaban J connectivity index is 1.48. The molecule has 2 aromatic carbocycles. The number of nitrogens with zero attached hydrogens (tertiary/aromatic N) is 2. The average Bonchev–Trinajstić information content (AvgIpc) is 3.25. The molecule has 1 aromatic heterocycles. The second-order valence-electron chi connectivity index (χ2n) is 9.50. The van der Waals surface area contributed by atoms with Crippen molar-refractivity contribution in [2.75, 3.05) is 7.11 Å². The van der Waals surface area contributed by atoms with Crippen molar-refractivity contribution >= 4 is 17.7 Å². The first kappa shape index (κ1) is 23.9. The van der Waals surface area contributed by atoms with Gasteiger partial charge in [-0.1, -0.05) is 38.3 Å². The summed E-state index contributed by atoms with van der Waals surface area (Å²) in [7, 11) is 1.67. The van der Waals surface area contributed by atoms with E-state index >= 15 is 0 Å². The van der Waals surface area contributed by atoms with Gasteiger partial charge in [0.1, 0.15) is 11.6 Å². The molecule has 0 N–H and O–H groups in total. The highest BCUT2D eigenvalue weighted by molar-refractivity contribution is 8.01. The predicted molar refractivity (Wildman–Crippen MR) is 138 cm³/mol. The number of halogens is 1. The quantitative estimate of drug-likeness (QED) is 0.380. The first-order valence-corrected chi connectivity index (χ1v) is 13.3. The van der Waals surface area contributed by atoms with E-state index in [0.29, 0.717) is 12.1 Å². The molecule has 5 rings (SSSR count). The molecule has 182 valence electrons. The number of ether oxygens (including phenoxy) is 1. The number of rotatable bonds is 6. The van der Waals surface area contributed by atoms with Crippen LogP contribution in [0.4, 0.5) is 4.39 Å². The number of pyridine rings is 1. The van der Waals surface area contributed by atoms with Gasteiger partial charge in [0.2, 0.25) is 5.91 Å². The Hall–Kier alpha value is -2.86. The number of amides is 1. The molecule has 0 saturated heterocycles. The van der Waals surface area contributed by atoms with Crippen molar-refractivity contribution in [1.29, 1.82) is 0 Å². The van der Waals surface area contributed by atoms with Gasteiger partial charge in [0.15, 0.2) is 0 Å². The number of methoxy groups -OCH3 is 1. The lowest BCUT2D eigenvalue weighted by Crippen LogP contribution is -2.45. The van der Waals surface area contributed by atoms with E-state index < -0.39 is 0 Å². The second-order valence-corrected chi connectivity index (χ2v) is 10.7. The van der Waals surface area contributed by atoms with Gasteiger partial charge in [-0.15, -0.1) is 11.8 Å². The van der Waals surface area contributed by atoms with Crippen molar-refractivity contribution in [3.05, 3.63) is 77.9 Å². The number of aromatic nitrogens is 1. The van der Waals surface area contributed by atoms with Crippen molar-refractivity contribution < 1.29 is 13.9 Å². The minimum absolute atomic E-state index is 0.0985. The molecule has 4 nitrogen and oxygen atoms in total. The Morgan fingerprint density at radius 2 is 1.86 bits per heavy atom. The molecule has 0 spiro atoms. The van der Waals surface area contributed by atoms with Gasteiger partial charge in [-0.3, -0.25) is 9.78 Å². The van der Waals surface area contributed by atoms with Crippen LogP contribution in [-0.4, -0.2) is 34.2 Å². The Bertz CT molecular complexity index is 1200. The van der Waals surface area contributed by atoms with Gasteiger partial charge in [0, 0.05) is 46.9 Å². The topological polar surface area (TPSA) is 42.4 Å². The molecule has 0 radical (unpaired) electrons. The lowest BCUT2D eigenvalue weighted by atomic mass is 9.91. The van der Waals surface area contributed by atoms with Crippen LogP contribution >= 0.6 is 11.8 Å². The molecule has 1 fully saturated rings. The van der Waals surface area contributed by atoms with Gasteiger partial charge in [-0.2, -0.15) is 0 Å². The van der Waals surface area contributed by atoms with Gasteiger partial charge in [0.25, 0.3) is 0 Å². The van der Waals surface area contributed by atoms with Crippen LogP contribution in [0.15, 0.2) is 65.8 Å². The van der Waals surface area contributed by atoms with Crippen molar-refractivity contribution in [2.45, 2.75) is 67.7 Å². The zero-order valence-corrected chi connectivity index (χ0v) is 21.1. The molecule has 1 aliphatic heterocycles. The van der Waals surface area contributed by atoms with Crippen LogP contribution in [0.1, 0.15) is 56.1 Å². The van der Waals surface area contributed by atoms with E-state index in [4.69, 9.17) is 4.74 Å². The summed E-state index contributed by atoms with van der Waals surface area (Å²) in [5.41, 5.74) is 3.81. The number of thioether (sulfide) groups is 1. The lowest BCUT2D eigenvalue weighted by Gasteiger charge is -2.37. The molecular formula is C29H31FN2O2S. The number of benzene rings is 2. The summed E-state index contributed by atoms with van der Waals surface area (Å²) in [6, 6.07) is 15.5. The molecule has 2 aliphatic rings. The van der Waals surface area contributed by atoms with E-state index in [1.807, 2.05) is 37.3 Å². The molecule has 0 bridgehead atoms. The third kappa shape index (κ3) is 4.81. The highest BCUT2D eigenvalue weighted by atomic mass is 32.2. The normalized spacial score (nSPS) is 19.9. The van der Waals surface area contributed by atoms with Crippen LogP contribution in [0.3, 0.4) is 0 Å². The maximum absolute atomic E-state index is 14.6. The largest absolute Gasteiger partial charge is 0.496 e. The SMILES string of the molecule is COc1ccc(-c2ccncc2)cc1CN(C(=O)C1Sc2cccc(F)c2C1C)C1CCCCC1. The van der Waals surface area contributed by atoms with E-state index in [1.54, 1.807) is 25.6 Å². The number of fused-ring (bicyclic) bond motifs is 1. The maximum Gasteiger partial charge on any atom is 0.237 e. The summed E-state index contributed by atoms with van der Waals surface area (Å²) in [4.78, 5) is 21.2. The molecule has 2 heterocycles. The van der Waals surface area contributed by atoms with E-state index in [2.05, 4.69) is 16.0 Å². The molecule has 1 amide bonds. The van der Waals surface area contributed by atoms with Crippen LogP contribution in [0.2, 0.25) is 0 Å². The standard InChI is InChI=1S/C29H31FN2O2S/c1-19-27-24(30)9-6-10-26(27)35-28(19)29(33)32(23-7-4-3-5-8-23)18-22-17-21(11-12-25(22)34-2)20-13-15-31-16-14-20/h6,9-17,19,23,28H,3-5,7-8,18H2,1-2H3. The van der Waals surface area contributed by atoms with Crippen LogP contribution in [-0.2, 0) is 11.3 Å². The van der Waals surface area contributed by atoms with Crippen molar-refractivity contribution in [3.8, 4) is 16.9 Å². The molecule has 6 heteroatoms. The van der Waals surface area contributed by atoms with Crippen LogP contribution in [0.5, 0.6) is 5.75 Å². The zero-order valence-electron chi connectivity index (χ0n) is 20.2. The summed E-state index contributed by atoms with van der Waals surface area (Å²) >= 11 is 1.51. The molecule has 2 atom stereocenters. The van der Waals surface area contributed by atoms with Crippen LogP contribution in [0, 0.1) is 5.82 Å². The van der Waals surface area contributed by atoms with E-state index in [-0.39, 0.29) is 28.9 Å². The number of carbonyl (C=O) groups excluding carboxylic acids is 1. The Morgan fingerprint density at radius 3 is 2.57 bits per heavy atom. The minimum Gasteiger partial charge on any atom is -0.496 e. The number of hydrogen-bond donors (Lipinski definition) is 0. The summed E-state index contributed by atoms with van der Waals surface area (Å²) in [6.45, 7) is 2.46. The van der Waals surface area contributed by atoms with Crippen LogP contribution < -0.4 is 4.74 Å². The molecule has 1 aliphatic carbocycles. The van der Waals surface area contributed by atoms with Gasteiger partial charge < -0.3 is 9.64 Å². The number of carbonyl (C=O) groups is 1. The van der Waals surface area contributed by atoms with Crippen LogP contribution in [0.25, 0.3) is 11.1 Å². The monoisotopic (exact) mass is 490 g/mol. The molecular weight excluding hydrogens is 459 g/mol. The van der Waals surface area contributed by atoms with Crippen molar-refractivity contribution in [1.82, 2.24) is 9.88 Å². The van der Waals surface area contributed by atoms with Gasteiger partial charge in [-0.25, -0.2) is 4.39 Å². The van der Waals surface area contributed by atoms with E-state index in [0.717, 1.165) is 53.0 Å². The third-order valence-electron chi connectivity index (χ3n) is 7.35. The first-order chi connectivity index (χ1) is 17.1. The highest BCUT2D eigenvalue weighted by Crippen LogP contribution is 2.47. The summed E-state index contributed by atoms with van der Waals surface area (Å²) in [5.74, 6) is 0.493. The molecule has 35 heavy (non-hydrogen) atoms. The Kier molecular flexibility index (Phi) is 7.09. The number of hydrogen-bond acceptors (Lipinski definition) is 4. The predicted octanol–water partition coefficient (Wildman–Crippen LogP) is 6.84. The fourth-order valence-corrected chi connectivity index (χ4v) is 6.89. The van der Waals surface area contributed by atoms with Gasteiger partial charge in [-0.05, 0) is 60.4 Å². The fourth-order valence-electron chi connectivity index (χ4n) is 5.47. The van der Waals surface area contributed by atoms with Gasteiger partial charge >= 0.3 is 0 Å². The first-order valence-electron chi connectivity index (χ1n) is 12.4. The minimum atomic E-state index is -0.321. The molecule has 3 aromatic rings. The van der Waals surface area contributed by atoms with E-state index in [9.17, 15) is 9.18 Å². The maximum atomic E-state index is 14.6. The zero-order chi connectivity index (χ0) is 24.4. The third-order valence-corrected chi connectivity index (χ3v) is 8.83. The molecule has 2 unspecified atom stereocenters. The van der Waals surface area contributed by atoms with Gasteiger partial charge in [0.05, 0.1) is 12.4 Å². The van der Waals surface area contributed by atoms with Crippen molar-refractivity contribution in [3.63, 3.8) is 0 Å². The second kappa shape index (κ2) is 10.4. The Labute approximate surface area is 210 Å². The van der Waals surface area contributed by atoms with E-state index in [1.165, 1.54) is 24.2 Å². The lowest BCUT2D eigenvalue weighted by molar-refractivity contribution is -0.134.